The van der Waals surface area contributed by atoms with E-state index >= 15 is 0 Å². The number of ether oxygens (including phenoxy) is 1. The van der Waals surface area contributed by atoms with Gasteiger partial charge in [0, 0.05) is 43.8 Å². The maximum absolute atomic E-state index is 12.6. The van der Waals surface area contributed by atoms with Crippen LogP contribution in [-0.4, -0.2) is 69.5 Å². The molecule has 1 fully saturated rings. The Morgan fingerprint density at radius 1 is 1.12 bits per heavy atom. The van der Waals surface area contributed by atoms with Crippen LogP contribution in [0.2, 0.25) is 0 Å². The number of carbonyl (C=O) groups is 1. The van der Waals surface area contributed by atoms with Crippen LogP contribution in [-0.2, 0) is 14.6 Å². The van der Waals surface area contributed by atoms with E-state index in [1.165, 1.54) is 22.5 Å². The predicted octanol–water partition coefficient (Wildman–Crippen LogP) is 3.93. The van der Waals surface area contributed by atoms with Crippen molar-refractivity contribution in [1.29, 1.82) is 0 Å². The number of thiazole rings is 1. The number of rotatable bonds is 8. The third-order valence-corrected chi connectivity index (χ3v) is 8.83. The summed E-state index contributed by atoms with van der Waals surface area (Å²) in [5, 5.41) is 0.874. The van der Waals surface area contributed by atoms with Crippen molar-refractivity contribution in [2.75, 3.05) is 50.2 Å². The monoisotopic (exact) mass is 505 g/mol. The van der Waals surface area contributed by atoms with E-state index < -0.39 is 9.84 Å². The Morgan fingerprint density at radius 2 is 1.85 bits per heavy atom. The molecule has 0 unspecified atom stereocenters. The first kappa shape index (κ1) is 23.8. The highest BCUT2D eigenvalue weighted by Gasteiger charge is 2.23. The van der Waals surface area contributed by atoms with E-state index in [1.54, 1.807) is 37.1 Å². The summed E-state index contributed by atoms with van der Waals surface area (Å²) in [6.07, 6.45) is 2.61. The molecule has 3 aromatic rings. The first-order chi connectivity index (χ1) is 15.8. The van der Waals surface area contributed by atoms with Crippen LogP contribution >= 0.6 is 23.1 Å². The van der Waals surface area contributed by atoms with E-state index in [1.807, 2.05) is 29.2 Å². The molecule has 1 aliphatic heterocycles. The number of sulfone groups is 1. The summed E-state index contributed by atoms with van der Waals surface area (Å²) in [7, 11) is -1.58. The van der Waals surface area contributed by atoms with Crippen molar-refractivity contribution in [2.24, 2.45) is 0 Å². The lowest BCUT2D eigenvalue weighted by atomic mass is 10.2. The number of methoxy groups -OCH3 is 1. The van der Waals surface area contributed by atoms with Gasteiger partial charge in [0.15, 0.2) is 15.0 Å². The molecule has 0 radical (unpaired) electrons. The number of hydrogen-bond donors (Lipinski definition) is 0. The van der Waals surface area contributed by atoms with Gasteiger partial charge < -0.3 is 14.5 Å². The second-order valence-electron chi connectivity index (χ2n) is 7.89. The Balaban J connectivity index is 1.24. The first-order valence-corrected chi connectivity index (χ1v) is 14.4. The van der Waals surface area contributed by atoms with Gasteiger partial charge in [-0.05, 0) is 54.6 Å². The summed E-state index contributed by atoms with van der Waals surface area (Å²) in [4.78, 5) is 22.9. The molecule has 0 aliphatic carbocycles. The van der Waals surface area contributed by atoms with Crippen LogP contribution in [0.15, 0.2) is 52.3 Å². The number of aromatic nitrogens is 1. The van der Waals surface area contributed by atoms with Crippen LogP contribution in [0.5, 0.6) is 5.75 Å². The zero-order valence-corrected chi connectivity index (χ0v) is 21.1. The number of fused-ring (bicyclic) bond motifs is 1. The van der Waals surface area contributed by atoms with Gasteiger partial charge in [-0.15, -0.1) is 11.8 Å². The first-order valence-electron chi connectivity index (χ1n) is 10.7. The molecule has 4 rings (SSSR count). The van der Waals surface area contributed by atoms with E-state index in [2.05, 4.69) is 9.88 Å². The SMILES string of the molecule is COc1ccc(SCCCC(=O)N2CCN(c3nc4ccc(S(C)(=O)=O)cc4s3)CC2)cc1. The molecular weight excluding hydrogens is 478 g/mol. The molecule has 1 aromatic heterocycles. The molecule has 0 atom stereocenters. The lowest BCUT2D eigenvalue weighted by Crippen LogP contribution is -2.48. The van der Waals surface area contributed by atoms with E-state index in [4.69, 9.17) is 4.74 Å². The average Bonchev–Trinajstić information content (AvgIpc) is 3.25. The highest BCUT2D eigenvalue weighted by Crippen LogP contribution is 2.31. The van der Waals surface area contributed by atoms with Gasteiger partial charge in [0.05, 0.1) is 22.2 Å². The molecule has 0 bridgehead atoms. The van der Waals surface area contributed by atoms with Crippen molar-refractivity contribution < 1.29 is 17.9 Å². The number of hydrogen-bond acceptors (Lipinski definition) is 8. The summed E-state index contributed by atoms with van der Waals surface area (Å²) < 4.78 is 29.6. The molecule has 7 nitrogen and oxygen atoms in total. The Labute approximate surface area is 202 Å². The van der Waals surface area contributed by atoms with E-state index in [0.717, 1.165) is 46.4 Å². The number of benzene rings is 2. The third kappa shape index (κ3) is 5.99. The van der Waals surface area contributed by atoms with Crippen molar-refractivity contribution in [3.8, 4) is 5.75 Å². The maximum atomic E-state index is 12.6. The Morgan fingerprint density at radius 3 is 2.52 bits per heavy atom. The standard InChI is InChI=1S/C23H27N3O4S3/c1-30-17-5-7-18(8-6-17)31-15-3-4-22(27)25-11-13-26(14-12-25)23-24-20-10-9-19(33(2,28)29)16-21(20)32-23/h5-10,16H,3-4,11-15H2,1-2H3. The lowest BCUT2D eigenvalue weighted by Gasteiger charge is -2.34. The van der Waals surface area contributed by atoms with Crippen LogP contribution in [0.4, 0.5) is 5.13 Å². The Kier molecular flexibility index (Phi) is 7.45. The number of nitrogens with zero attached hydrogens (tertiary/aromatic N) is 3. The zero-order valence-electron chi connectivity index (χ0n) is 18.7. The molecule has 0 saturated carbocycles. The minimum atomic E-state index is -3.24. The van der Waals surface area contributed by atoms with Crippen molar-refractivity contribution >= 4 is 54.2 Å². The van der Waals surface area contributed by atoms with Gasteiger partial charge in [0.1, 0.15) is 5.75 Å². The van der Waals surface area contributed by atoms with Crippen molar-refractivity contribution in [3.05, 3.63) is 42.5 Å². The minimum absolute atomic E-state index is 0.201. The molecule has 176 valence electrons. The number of amides is 1. The van der Waals surface area contributed by atoms with Crippen LogP contribution in [0.3, 0.4) is 0 Å². The fourth-order valence-corrected chi connectivity index (χ4v) is 6.28. The summed E-state index contributed by atoms with van der Waals surface area (Å²) in [5.41, 5.74) is 0.801. The van der Waals surface area contributed by atoms with Gasteiger partial charge in [-0.2, -0.15) is 0 Å². The molecule has 0 N–H and O–H groups in total. The normalized spacial score (nSPS) is 14.6. The number of piperazine rings is 1. The average molecular weight is 506 g/mol. The third-order valence-electron chi connectivity index (χ3n) is 5.54. The number of carbonyl (C=O) groups excluding carboxylic acids is 1. The maximum Gasteiger partial charge on any atom is 0.222 e. The van der Waals surface area contributed by atoms with E-state index in [0.29, 0.717) is 24.4 Å². The molecule has 2 heterocycles. The molecular formula is C23H27N3O4S3. The highest BCUT2D eigenvalue weighted by molar-refractivity contribution is 7.99. The van der Waals surface area contributed by atoms with Gasteiger partial charge >= 0.3 is 0 Å². The predicted molar refractivity (Wildman–Crippen MR) is 134 cm³/mol. The van der Waals surface area contributed by atoms with Gasteiger partial charge in [0.25, 0.3) is 0 Å². The van der Waals surface area contributed by atoms with Gasteiger partial charge in [0.2, 0.25) is 5.91 Å². The van der Waals surface area contributed by atoms with Crippen LogP contribution in [0.1, 0.15) is 12.8 Å². The van der Waals surface area contributed by atoms with Gasteiger partial charge in [-0.3, -0.25) is 4.79 Å². The summed E-state index contributed by atoms with van der Waals surface area (Å²) in [6, 6.07) is 13.0. The molecule has 33 heavy (non-hydrogen) atoms. The van der Waals surface area contributed by atoms with E-state index in [9.17, 15) is 13.2 Å². The molecule has 1 saturated heterocycles. The van der Waals surface area contributed by atoms with E-state index in [-0.39, 0.29) is 5.91 Å². The smallest absolute Gasteiger partial charge is 0.222 e. The largest absolute Gasteiger partial charge is 0.497 e. The van der Waals surface area contributed by atoms with Crippen molar-refractivity contribution in [3.63, 3.8) is 0 Å². The topological polar surface area (TPSA) is 79.8 Å². The highest BCUT2D eigenvalue weighted by atomic mass is 32.2. The molecule has 0 spiro atoms. The Hall–Kier alpha value is -2.30. The van der Waals surface area contributed by atoms with Crippen LogP contribution in [0, 0.1) is 0 Å². The quantitative estimate of drug-likeness (QED) is 0.339. The fourth-order valence-electron chi connectivity index (χ4n) is 3.65. The number of anilines is 1. The molecule has 10 heteroatoms. The van der Waals surface area contributed by atoms with Gasteiger partial charge in [-0.25, -0.2) is 13.4 Å². The second-order valence-corrected chi connectivity index (χ2v) is 12.1. The lowest BCUT2D eigenvalue weighted by molar-refractivity contribution is -0.131. The minimum Gasteiger partial charge on any atom is -0.497 e. The summed E-state index contributed by atoms with van der Waals surface area (Å²) in [5.74, 6) is 1.95. The van der Waals surface area contributed by atoms with Crippen LogP contribution in [0.25, 0.3) is 10.2 Å². The summed E-state index contributed by atoms with van der Waals surface area (Å²) in [6.45, 7) is 2.81. The summed E-state index contributed by atoms with van der Waals surface area (Å²) >= 11 is 3.25. The fraction of sp³-hybridized carbons (Fsp3) is 0.391. The second kappa shape index (κ2) is 10.3. The Bertz CT molecular complexity index is 1220. The molecule has 1 amide bonds. The number of thioether (sulfide) groups is 1. The molecule has 2 aromatic carbocycles. The molecule has 1 aliphatic rings. The zero-order chi connectivity index (χ0) is 23.4. The van der Waals surface area contributed by atoms with Crippen LogP contribution < -0.4 is 9.64 Å². The van der Waals surface area contributed by atoms with Crippen molar-refractivity contribution in [1.82, 2.24) is 9.88 Å². The van der Waals surface area contributed by atoms with Gasteiger partial charge in [-0.1, -0.05) is 11.3 Å². The van der Waals surface area contributed by atoms with Crippen molar-refractivity contribution in [2.45, 2.75) is 22.6 Å².